The van der Waals surface area contributed by atoms with E-state index < -0.39 is 22.6 Å². The number of nitrogens with zero attached hydrogens (tertiary/aromatic N) is 1. The van der Waals surface area contributed by atoms with Crippen molar-refractivity contribution in [2.45, 2.75) is 11.8 Å². The Morgan fingerprint density at radius 2 is 1.56 bits per heavy atom. The van der Waals surface area contributed by atoms with E-state index in [1.165, 1.54) is 35.7 Å². The highest BCUT2D eigenvalue weighted by atomic mass is 32.2. The molecule has 166 valence electrons. The van der Waals surface area contributed by atoms with Crippen LogP contribution in [0.3, 0.4) is 0 Å². The Kier molecular flexibility index (Phi) is 7.27. The molecule has 0 spiro atoms. The summed E-state index contributed by atoms with van der Waals surface area (Å²) in [7, 11) is -2.31. The molecular formula is C24H23NO6S. The second kappa shape index (κ2) is 10.1. The number of carbonyl (C=O) groups excluding carboxylic acids is 2. The summed E-state index contributed by atoms with van der Waals surface area (Å²) in [5, 5.41) is 0. The smallest absolute Gasteiger partial charge is 0.338 e. The summed E-state index contributed by atoms with van der Waals surface area (Å²) in [6, 6.07) is 20.7. The molecule has 0 radical (unpaired) electrons. The minimum Gasteiger partial charge on any atom is -0.497 e. The second-order valence-electron chi connectivity index (χ2n) is 6.76. The first kappa shape index (κ1) is 23.0. The number of Topliss-reactive ketones (excluding diaryl/α,β-unsaturated/α-hetero) is 1. The van der Waals surface area contributed by atoms with Gasteiger partial charge in [0.2, 0.25) is 0 Å². The van der Waals surface area contributed by atoms with Gasteiger partial charge in [-0.25, -0.2) is 13.2 Å². The normalized spacial score (nSPS) is 10.9. The molecule has 0 amide bonds. The zero-order valence-corrected chi connectivity index (χ0v) is 18.5. The van der Waals surface area contributed by atoms with Gasteiger partial charge < -0.3 is 9.47 Å². The number of benzene rings is 3. The third kappa shape index (κ3) is 5.15. The van der Waals surface area contributed by atoms with Crippen molar-refractivity contribution >= 4 is 27.5 Å². The van der Waals surface area contributed by atoms with Gasteiger partial charge in [0, 0.05) is 12.1 Å². The fourth-order valence-electron chi connectivity index (χ4n) is 3.07. The van der Waals surface area contributed by atoms with Gasteiger partial charge >= 0.3 is 5.97 Å². The zero-order valence-electron chi connectivity index (χ0n) is 17.7. The Morgan fingerprint density at radius 3 is 2.19 bits per heavy atom. The van der Waals surface area contributed by atoms with E-state index in [-0.39, 0.29) is 22.8 Å². The quantitative estimate of drug-likeness (QED) is 0.360. The number of ketones is 1. The van der Waals surface area contributed by atoms with Gasteiger partial charge in [-0.2, -0.15) is 0 Å². The van der Waals surface area contributed by atoms with Crippen LogP contribution in [0.25, 0.3) is 0 Å². The van der Waals surface area contributed by atoms with Gasteiger partial charge in [-0.3, -0.25) is 9.10 Å². The van der Waals surface area contributed by atoms with Crippen LogP contribution in [-0.2, 0) is 14.8 Å². The lowest BCUT2D eigenvalue weighted by Gasteiger charge is -2.22. The molecule has 0 aromatic heterocycles. The first-order valence-corrected chi connectivity index (χ1v) is 11.3. The van der Waals surface area contributed by atoms with E-state index in [0.717, 1.165) is 0 Å². The van der Waals surface area contributed by atoms with Crippen molar-refractivity contribution in [1.82, 2.24) is 0 Å². The average Bonchev–Trinajstić information content (AvgIpc) is 2.83. The zero-order chi connectivity index (χ0) is 23.1. The molecule has 7 nitrogen and oxygen atoms in total. The first-order chi connectivity index (χ1) is 15.4. The number of rotatable bonds is 9. The molecule has 32 heavy (non-hydrogen) atoms. The fraction of sp³-hybridized carbons (Fsp3) is 0.167. The van der Waals surface area contributed by atoms with E-state index in [0.29, 0.717) is 17.0 Å². The monoisotopic (exact) mass is 453 g/mol. The standard InChI is InChI=1S/C24H23NO6S/c1-3-25(20-9-5-4-6-10-20)32(28,29)22-14-12-18(13-15-22)24(27)31-17-23(26)19-8-7-11-21(16-19)30-2/h4-16H,3,17H2,1-2H3. The number of para-hydroxylation sites is 1. The summed E-state index contributed by atoms with van der Waals surface area (Å²) in [5.41, 5.74) is 1.05. The molecule has 0 fully saturated rings. The molecule has 0 N–H and O–H groups in total. The molecule has 0 unspecified atom stereocenters. The molecule has 0 aliphatic heterocycles. The van der Waals surface area contributed by atoms with Crippen molar-refractivity contribution in [2.24, 2.45) is 0 Å². The largest absolute Gasteiger partial charge is 0.497 e. The Hall–Kier alpha value is -3.65. The van der Waals surface area contributed by atoms with Gasteiger partial charge in [-0.05, 0) is 55.5 Å². The maximum atomic E-state index is 13.0. The molecule has 3 aromatic rings. The van der Waals surface area contributed by atoms with Crippen LogP contribution in [0.2, 0.25) is 0 Å². The van der Waals surface area contributed by atoms with E-state index in [1.54, 1.807) is 55.5 Å². The van der Waals surface area contributed by atoms with Crippen molar-refractivity contribution in [3.63, 3.8) is 0 Å². The maximum absolute atomic E-state index is 13.0. The number of methoxy groups -OCH3 is 1. The maximum Gasteiger partial charge on any atom is 0.338 e. The topological polar surface area (TPSA) is 90.0 Å². The Morgan fingerprint density at radius 1 is 0.875 bits per heavy atom. The van der Waals surface area contributed by atoms with Crippen molar-refractivity contribution < 1.29 is 27.5 Å². The molecule has 3 rings (SSSR count). The van der Waals surface area contributed by atoms with Gasteiger partial charge in [-0.1, -0.05) is 30.3 Å². The first-order valence-electron chi connectivity index (χ1n) is 9.89. The highest BCUT2D eigenvalue weighted by molar-refractivity contribution is 7.92. The molecule has 3 aromatic carbocycles. The van der Waals surface area contributed by atoms with Crippen molar-refractivity contribution in [3.8, 4) is 5.75 Å². The molecule has 0 saturated heterocycles. The fourth-order valence-corrected chi connectivity index (χ4v) is 4.54. The molecule has 0 aliphatic rings. The molecule has 0 saturated carbocycles. The van der Waals surface area contributed by atoms with E-state index in [2.05, 4.69) is 0 Å². The molecule has 0 atom stereocenters. The van der Waals surface area contributed by atoms with Crippen LogP contribution in [0.1, 0.15) is 27.6 Å². The highest BCUT2D eigenvalue weighted by Gasteiger charge is 2.24. The van der Waals surface area contributed by atoms with Gasteiger partial charge in [0.25, 0.3) is 10.0 Å². The second-order valence-corrected chi connectivity index (χ2v) is 8.62. The molecule has 0 heterocycles. The van der Waals surface area contributed by atoms with Crippen LogP contribution in [-0.4, -0.2) is 40.4 Å². The van der Waals surface area contributed by atoms with Crippen molar-refractivity contribution in [1.29, 1.82) is 0 Å². The Labute approximate surface area is 187 Å². The van der Waals surface area contributed by atoms with Crippen LogP contribution in [0.15, 0.2) is 83.8 Å². The Balaban J connectivity index is 1.69. The van der Waals surface area contributed by atoms with E-state index in [4.69, 9.17) is 9.47 Å². The molecular weight excluding hydrogens is 430 g/mol. The number of hydrogen-bond donors (Lipinski definition) is 0. The number of esters is 1. The number of hydrogen-bond acceptors (Lipinski definition) is 6. The van der Waals surface area contributed by atoms with E-state index >= 15 is 0 Å². The van der Waals surface area contributed by atoms with E-state index in [9.17, 15) is 18.0 Å². The number of anilines is 1. The summed E-state index contributed by atoms with van der Waals surface area (Å²) >= 11 is 0. The summed E-state index contributed by atoms with van der Waals surface area (Å²) < 4.78 is 37.5. The lowest BCUT2D eigenvalue weighted by molar-refractivity contribution is 0.0474. The summed E-state index contributed by atoms with van der Waals surface area (Å²) in [6.07, 6.45) is 0. The third-order valence-electron chi connectivity index (χ3n) is 4.74. The van der Waals surface area contributed by atoms with Crippen LogP contribution in [0.4, 0.5) is 5.69 Å². The van der Waals surface area contributed by atoms with Crippen LogP contribution >= 0.6 is 0 Å². The van der Waals surface area contributed by atoms with Gasteiger partial charge in [0.05, 0.1) is 23.3 Å². The van der Waals surface area contributed by atoms with Gasteiger partial charge in [-0.15, -0.1) is 0 Å². The van der Waals surface area contributed by atoms with Gasteiger partial charge in [0.1, 0.15) is 5.75 Å². The summed E-state index contributed by atoms with van der Waals surface area (Å²) in [4.78, 5) is 24.6. The lowest BCUT2D eigenvalue weighted by Crippen LogP contribution is -2.30. The van der Waals surface area contributed by atoms with Crippen LogP contribution in [0, 0.1) is 0 Å². The lowest BCUT2D eigenvalue weighted by atomic mass is 10.1. The minimum absolute atomic E-state index is 0.0483. The SMILES string of the molecule is CCN(c1ccccc1)S(=O)(=O)c1ccc(C(=O)OCC(=O)c2cccc(OC)c2)cc1. The molecule has 0 aliphatic carbocycles. The van der Waals surface area contributed by atoms with Crippen molar-refractivity contribution in [3.05, 3.63) is 90.0 Å². The molecule has 0 bridgehead atoms. The Bertz CT molecular complexity index is 1190. The average molecular weight is 454 g/mol. The van der Waals surface area contributed by atoms with Crippen LogP contribution < -0.4 is 9.04 Å². The minimum atomic E-state index is -3.80. The number of carbonyl (C=O) groups is 2. The highest BCUT2D eigenvalue weighted by Crippen LogP contribution is 2.23. The van der Waals surface area contributed by atoms with E-state index in [1.807, 2.05) is 6.07 Å². The van der Waals surface area contributed by atoms with Crippen molar-refractivity contribution in [2.75, 3.05) is 24.6 Å². The number of ether oxygens (including phenoxy) is 2. The summed E-state index contributed by atoms with van der Waals surface area (Å²) in [6.45, 7) is 1.56. The predicted molar refractivity (Wildman–Crippen MR) is 121 cm³/mol. The van der Waals surface area contributed by atoms with Crippen LogP contribution in [0.5, 0.6) is 5.75 Å². The predicted octanol–water partition coefficient (Wildman–Crippen LogP) is 3.95. The number of sulfonamides is 1. The van der Waals surface area contributed by atoms with Gasteiger partial charge in [0.15, 0.2) is 12.4 Å². The molecule has 8 heteroatoms. The third-order valence-corrected chi connectivity index (χ3v) is 6.65. The summed E-state index contributed by atoms with van der Waals surface area (Å²) in [5.74, 6) is -0.575.